The summed E-state index contributed by atoms with van der Waals surface area (Å²) in [6.07, 6.45) is 1.75. The Morgan fingerprint density at radius 2 is 2.05 bits per heavy atom. The van der Waals surface area contributed by atoms with Crippen molar-refractivity contribution in [1.82, 2.24) is 19.3 Å². The van der Waals surface area contributed by atoms with Gasteiger partial charge in [-0.05, 0) is 14.0 Å². The normalized spacial score (nSPS) is 11.6. The molecule has 0 atom stereocenters. The lowest BCUT2D eigenvalue weighted by molar-refractivity contribution is 0.312. The zero-order valence-corrected chi connectivity index (χ0v) is 12.9. The minimum absolute atomic E-state index is 0.0239. The minimum atomic E-state index is -0.0239. The molecule has 3 aromatic rings. The number of rotatable bonds is 4. The average Bonchev–Trinajstić information content (AvgIpc) is 2.98. The number of hydrogen-bond donors (Lipinski definition) is 0. The highest BCUT2D eigenvalue weighted by atomic mass is 32.1. The van der Waals surface area contributed by atoms with Crippen molar-refractivity contribution in [3.63, 3.8) is 0 Å². The molecule has 20 heavy (non-hydrogen) atoms. The fraction of sp³-hybridized carbons (Fsp3) is 0.308. The molecule has 3 heterocycles. The van der Waals surface area contributed by atoms with Crippen LogP contribution < -0.4 is 5.56 Å². The van der Waals surface area contributed by atoms with Crippen LogP contribution in [0.25, 0.3) is 4.96 Å². The van der Waals surface area contributed by atoms with Gasteiger partial charge in [-0.1, -0.05) is 0 Å². The van der Waals surface area contributed by atoms with Crippen LogP contribution in [0.2, 0.25) is 0 Å². The van der Waals surface area contributed by atoms with E-state index in [0.717, 1.165) is 27.9 Å². The molecule has 7 heteroatoms. The van der Waals surface area contributed by atoms with Crippen molar-refractivity contribution in [2.75, 3.05) is 7.05 Å². The minimum Gasteiger partial charge on any atom is -0.295 e. The highest BCUT2D eigenvalue weighted by molar-refractivity contribution is 7.15. The molecule has 0 radical (unpaired) electrons. The molecule has 0 bridgehead atoms. The second kappa shape index (κ2) is 5.43. The molecule has 5 nitrogen and oxygen atoms in total. The monoisotopic (exact) mass is 306 g/mol. The van der Waals surface area contributed by atoms with Crippen LogP contribution in [0.15, 0.2) is 27.8 Å². The largest absolute Gasteiger partial charge is 0.295 e. The van der Waals surface area contributed by atoms with Crippen LogP contribution in [0.4, 0.5) is 0 Å². The molecular weight excluding hydrogens is 292 g/mol. The molecule has 0 aromatic carbocycles. The lowest BCUT2D eigenvalue weighted by Gasteiger charge is -2.14. The summed E-state index contributed by atoms with van der Waals surface area (Å²) >= 11 is 3.13. The lowest BCUT2D eigenvalue weighted by Crippen LogP contribution is -2.21. The number of hydrogen-bond acceptors (Lipinski definition) is 6. The molecule has 3 rings (SSSR count). The molecular formula is C13H14N4OS2. The summed E-state index contributed by atoms with van der Waals surface area (Å²) < 4.78 is 1.57. The fourth-order valence-corrected chi connectivity index (χ4v) is 3.40. The fourth-order valence-electron chi connectivity index (χ4n) is 2.06. The second-order valence-corrected chi connectivity index (χ2v) is 6.61. The molecule has 0 fully saturated rings. The number of nitrogens with zero attached hydrogens (tertiary/aromatic N) is 4. The average molecular weight is 306 g/mol. The molecule has 104 valence electrons. The number of fused-ring (bicyclic) bond motifs is 1. The Morgan fingerprint density at radius 1 is 1.25 bits per heavy atom. The molecule has 3 aromatic heterocycles. The van der Waals surface area contributed by atoms with Crippen LogP contribution in [-0.2, 0) is 13.1 Å². The van der Waals surface area contributed by atoms with Crippen molar-refractivity contribution in [1.29, 1.82) is 0 Å². The Bertz CT molecular complexity index is 789. The molecule has 0 aliphatic carbocycles. The molecule has 0 N–H and O–H groups in total. The Labute approximate surface area is 124 Å². The summed E-state index contributed by atoms with van der Waals surface area (Å²) in [5, 5.41) is 5.01. The first-order valence-electron chi connectivity index (χ1n) is 6.17. The first-order chi connectivity index (χ1) is 9.61. The number of aromatic nitrogens is 3. The van der Waals surface area contributed by atoms with E-state index in [2.05, 4.69) is 20.2 Å². The summed E-state index contributed by atoms with van der Waals surface area (Å²) in [4.78, 5) is 23.7. The van der Waals surface area contributed by atoms with Crippen molar-refractivity contribution in [2.45, 2.75) is 20.0 Å². The summed E-state index contributed by atoms with van der Waals surface area (Å²) in [5.74, 6) is 0. The van der Waals surface area contributed by atoms with E-state index in [9.17, 15) is 4.79 Å². The molecule has 0 saturated carbocycles. The van der Waals surface area contributed by atoms with E-state index in [1.165, 1.54) is 11.3 Å². The van der Waals surface area contributed by atoms with Gasteiger partial charge in [-0.3, -0.25) is 14.1 Å². The van der Waals surface area contributed by atoms with Gasteiger partial charge in [0.15, 0.2) is 4.96 Å². The Balaban J connectivity index is 1.76. The van der Waals surface area contributed by atoms with E-state index in [0.29, 0.717) is 6.54 Å². The van der Waals surface area contributed by atoms with Crippen LogP contribution in [0.1, 0.15) is 16.4 Å². The summed E-state index contributed by atoms with van der Waals surface area (Å²) in [7, 11) is 2.01. The smallest absolute Gasteiger partial charge is 0.258 e. The third-order valence-corrected chi connectivity index (χ3v) is 4.47. The van der Waals surface area contributed by atoms with Gasteiger partial charge in [0.25, 0.3) is 5.56 Å². The van der Waals surface area contributed by atoms with Gasteiger partial charge in [0.1, 0.15) is 0 Å². The van der Waals surface area contributed by atoms with E-state index >= 15 is 0 Å². The topological polar surface area (TPSA) is 50.5 Å². The van der Waals surface area contributed by atoms with Crippen LogP contribution >= 0.6 is 22.7 Å². The third-order valence-electron chi connectivity index (χ3n) is 2.89. The van der Waals surface area contributed by atoms with E-state index in [1.54, 1.807) is 28.0 Å². The Hall–Kier alpha value is -1.57. The van der Waals surface area contributed by atoms with Crippen molar-refractivity contribution >= 4 is 27.6 Å². The standard InChI is InChI=1S/C13H14N4OS2/c1-9-14-11(8-20-9)7-16(2)6-10-5-12(18)17-3-4-19-13(17)15-10/h3-5,8H,6-7H2,1-2H3. The van der Waals surface area contributed by atoms with Gasteiger partial charge in [0, 0.05) is 36.1 Å². The zero-order valence-electron chi connectivity index (χ0n) is 11.2. The quantitative estimate of drug-likeness (QED) is 0.741. The van der Waals surface area contributed by atoms with Gasteiger partial charge in [0.2, 0.25) is 0 Å². The van der Waals surface area contributed by atoms with Crippen molar-refractivity contribution in [3.8, 4) is 0 Å². The van der Waals surface area contributed by atoms with Crippen molar-refractivity contribution in [2.24, 2.45) is 0 Å². The van der Waals surface area contributed by atoms with Gasteiger partial charge < -0.3 is 0 Å². The maximum absolute atomic E-state index is 11.9. The van der Waals surface area contributed by atoms with Crippen LogP contribution in [0.5, 0.6) is 0 Å². The SMILES string of the molecule is Cc1nc(CN(C)Cc2cc(=O)n3ccsc3n2)cs1. The van der Waals surface area contributed by atoms with Gasteiger partial charge in [0.05, 0.1) is 16.4 Å². The summed E-state index contributed by atoms with van der Waals surface area (Å²) in [6.45, 7) is 3.40. The maximum atomic E-state index is 11.9. The lowest BCUT2D eigenvalue weighted by atomic mass is 10.3. The van der Waals surface area contributed by atoms with E-state index in [-0.39, 0.29) is 5.56 Å². The van der Waals surface area contributed by atoms with Crippen molar-refractivity contribution in [3.05, 3.63) is 49.8 Å². The maximum Gasteiger partial charge on any atom is 0.258 e. The summed E-state index contributed by atoms with van der Waals surface area (Å²) in [5.41, 5.74) is 1.83. The van der Waals surface area contributed by atoms with Gasteiger partial charge >= 0.3 is 0 Å². The van der Waals surface area contributed by atoms with Gasteiger partial charge in [-0.2, -0.15) is 0 Å². The highest BCUT2D eigenvalue weighted by Crippen LogP contribution is 2.12. The van der Waals surface area contributed by atoms with Gasteiger partial charge in [-0.15, -0.1) is 22.7 Å². The van der Waals surface area contributed by atoms with Crippen LogP contribution in [0.3, 0.4) is 0 Å². The molecule has 0 spiro atoms. The third kappa shape index (κ3) is 2.79. The summed E-state index contributed by atoms with van der Waals surface area (Å²) in [6, 6.07) is 1.60. The van der Waals surface area contributed by atoms with Crippen molar-refractivity contribution < 1.29 is 0 Å². The van der Waals surface area contributed by atoms with E-state index < -0.39 is 0 Å². The van der Waals surface area contributed by atoms with E-state index in [4.69, 9.17) is 0 Å². The Morgan fingerprint density at radius 3 is 2.80 bits per heavy atom. The molecule has 0 unspecified atom stereocenters. The first-order valence-corrected chi connectivity index (χ1v) is 7.93. The van der Waals surface area contributed by atoms with E-state index in [1.807, 2.05) is 19.4 Å². The first kappa shape index (κ1) is 13.4. The second-order valence-electron chi connectivity index (χ2n) is 4.67. The predicted molar refractivity (Wildman–Crippen MR) is 81.4 cm³/mol. The molecule has 0 amide bonds. The van der Waals surface area contributed by atoms with Crippen LogP contribution in [0, 0.1) is 6.92 Å². The molecule has 0 aliphatic heterocycles. The Kier molecular flexibility index (Phi) is 3.64. The van der Waals surface area contributed by atoms with Gasteiger partial charge in [-0.25, -0.2) is 9.97 Å². The molecule has 0 saturated heterocycles. The van der Waals surface area contributed by atoms with Crippen LogP contribution in [-0.4, -0.2) is 26.3 Å². The zero-order chi connectivity index (χ0) is 14.1. The number of thiazole rings is 2. The predicted octanol–water partition coefficient (Wildman–Crippen LogP) is 2.15. The molecule has 0 aliphatic rings. The number of aryl methyl sites for hydroxylation is 1. The highest BCUT2D eigenvalue weighted by Gasteiger charge is 2.08.